The summed E-state index contributed by atoms with van der Waals surface area (Å²) in [5, 5.41) is 11.0. The number of nitrogens with one attached hydrogen (secondary N) is 1. The molecule has 1 aliphatic rings. The van der Waals surface area contributed by atoms with Gasteiger partial charge < -0.3 is 14.7 Å². The average molecular weight is 373 g/mol. The summed E-state index contributed by atoms with van der Waals surface area (Å²) in [6.45, 7) is 3.92. The van der Waals surface area contributed by atoms with E-state index in [0.29, 0.717) is 11.4 Å². The van der Waals surface area contributed by atoms with E-state index in [-0.39, 0.29) is 17.1 Å². The van der Waals surface area contributed by atoms with Crippen molar-refractivity contribution in [3.8, 4) is 11.4 Å². The molecule has 1 aromatic carbocycles. The molecule has 1 aliphatic heterocycles. The van der Waals surface area contributed by atoms with Gasteiger partial charge in [-0.25, -0.2) is 13.4 Å². The number of aryl methyl sites for hydroxylation is 2. The summed E-state index contributed by atoms with van der Waals surface area (Å²) in [5.41, 5.74) is 2.88. The molecule has 7 nitrogen and oxygen atoms in total. The van der Waals surface area contributed by atoms with Crippen LogP contribution in [0, 0.1) is 13.8 Å². The molecule has 4 rings (SSSR count). The molecule has 0 saturated carbocycles. The van der Waals surface area contributed by atoms with Gasteiger partial charge in [0.1, 0.15) is 5.82 Å². The van der Waals surface area contributed by atoms with Crippen LogP contribution in [0.25, 0.3) is 22.3 Å². The molecule has 1 fully saturated rings. The van der Waals surface area contributed by atoms with Gasteiger partial charge in [-0.1, -0.05) is 11.6 Å². The number of imidazole rings is 1. The van der Waals surface area contributed by atoms with Gasteiger partial charge in [-0.15, -0.1) is 0 Å². The van der Waals surface area contributed by atoms with Crippen molar-refractivity contribution in [2.45, 2.75) is 26.0 Å². The zero-order valence-corrected chi connectivity index (χ0v) is 15.2. The van der Waals surface area contributed by atoms with Gasteiger partial charge in [-0.3, -0.25) is 4.79 Å². The quantitative estimate of drug-likeness (QED) is 0.705. The lowest BCUT2D eigenvalue weighted by Crippen LogP contribution is -2.23. The lowest BCUT2D eigenvalue weighted by molar-refractivity contribution is 0.154. The zero-order valence-electron chi connectivity index (χ0n) is 14.4. The first kappa shape index (κ1) is 17.0. The van der Waals surface area contributed by atoms with E-state index >= 15 is 0 Å². The molecule has 2 N–H and O–H groups in total. The van der Waals surface area contributed by atoms with Gasteiger partial charge in [0, 0.05) is 12.4 Å². The highest BCUT2D eigenvalue weighted by Crippen LogP contribution is 2.29. The van der Waals surface area contributed by atoms with Crippen molar-refractivity contribution in [3.05, 3.63) is 52.1 Å². The maximum absolute atomic E-state index is 12.7. The van der Waals surface area contributed by atoms with Crippen LogP contribution in [0.3, 0.4) is 0 Å². The molecule has 2 atom stereocenters. The summed E-state index contributed by atoms with van der Waals surface area (Å²) in [6, 6.07) is 5.10. The van der Waals surface area contributed by atoms with Gasteiger partial charge in [-0.2, -0.15) is 0 Å². The number of hydrogen-bond donors (Lipinski definition) is 2. The lowest BCUT2D eigenvalue weighted by Gasteiger charge is -2.17. The second kappa shape index (κ2) is 5.78. The summed E-state index contributed by atoms with van der Waals surface area (Å²) in [5.74, 6) is -0.0864. The first-order valence-corrected chi connectivity index (χ1v) is 10.1. The van der Waals surface area contributed by atoms with E-state index in [1.165, 1.54) is 6.20 Å². The maximum atomic E-state index is 12.7. The first-order valence-electron chi connectivity index (χ1n) is 8.31. The number of aliphatic hydroxyl groups is 1. The largest absolute Gasteiger partial charge is 0.390 e. The van der Waals surface area contributed by atoms with Crippen molar-refractivity contribution in [1.29, 1.82) is 0 Å². The molecule has 8 heteroatoms. The third-order valence-corrected chi connectivity index (χ3v) is 6.55. The molecule has 26 heavy (non-hydrogen) atoms. The van der Waals surface area contributed by atoms with Gasteiger partial charge in [0.25, 0.3) is 5.56 Å². The number of aromatic nitrogens is 3. The van der Waals surface area contributed by atoms with Gasteiger partial charge in [0.15, 0.2) is 9.84 Å². The van der Waals surface area contributed by atoms with E-state index < -0.39 is 22.0 Å². The minimum absolute atomic E-state index is 0.165. The van der Waals surface area contributed by atoms with E-state index in [2.05, 4.69) is 9.97 Å². The van der Waals surface area contributed by atoms with Gasteiger partial charge in [0.05, 0.1) is 34.7 Å². The molecule has 2 aromatic heterocycles. The lowest BCUT2D eigenvalue weighted by atomic mass is 10.0. The fraction of sp³-hybridized carbons (Fsp3) is 0.333. The van der Waals surface area contributed by atoms with Crippen molar-refractivity contribution in [2.75, 3.05) is 11.5 Å². The number of H-pyrrole nitrogens is 1. The zero-order chi connectivity index (χ0) is 18.6. The summed E-state index contributed by atoms with van der Waals surface area (Å²) in [7, 11) is -3.31. The highest BCUT2D eigenvalue weighted by atomic mass is 32.2. The van der Waals surface area contributed by atoms with Crippen LogP contribution in [0.4, 0.5) is 0 Å². The molecule has 0 aliphatic carbocycles. The van der Waals surface area contributed by atoms with Crippen LogP contribution in [0.5, 0.6) is 0 Å². The Bertz CT molecular complexity index is 1180. The third kappa shape index (κ3) is 2.75. The van der Waals surface area contributed by atoms with E-state index in [0.717, 1.165) is 22.0 Å². The summed E-state index contributed by atoms with van der Waals surface area (Å²) in [4.78, 5) is 19.8. The topological polar surface area (TPSA) is 105 Å². The Kier molecular flexibility index (Phi) is 3.78. The predicted molar refractivity (Wildman–Crippen MR) is 99.0 cm³/mol. The van der Waals surface area contributed by atoms with Crippen molar-refractivity contribution in [3.63, 3.8) is 0 Å². The second-order valence-electron chi connectivity index (χ2n) is 6.93. The molecule has 3 aromatic rings. The molecule has 0 amide bonds. The standard InChI is InChI=1S/C18H19N3O4S/c1-10-5-11(2)16-12(6-10)7-13(18(23)20-16)17-19-3-4-21(17)14-8-26(24,25)9-15(14)22/h3-7,14-15,22H,8-9H2,1-2H3,(H,20,23)/t14-,15-/m1/s1. The highest BCUT2D eigenvalue weighted by molar-refractivity contribution is 7.91. The third-order valence-electron chi connectivity index (χ3n) is 4.85. The van der Waals surface area contributed by atoms with Crippen molar-refractivity contribution < 1.29 is 13.5 Å². The minimum Gasteiger partial charge on any atom is -0.390 e. The summed E-state index contributed by atoms with van der Waals surface area (Å²) in [6.07, 6.45) is 2.10. The predicted octanol–water partition coefficient (Wildman–Crippen LogP) is 1.34. The molecule has 0 bridgehead atoms. The fourth-order valence-corrected chi connectivity index (χ4v) is 5.50. The summed E-state index contributed by atoms with van der Waals surface area (Å²) >= 11 is 0. The molecule has 0 unspecified atom stereocenters. The van der Waals surface area contributed by atoms with Crippen LogP contribution in [-0.2, 0) is 9.84 Å². The van der Waals surface area contributed by atoms with E-state index in [4.69, 9.17) is 0 Å². The first-order chi connectivity index (χ1) is 12.2. The molecule has 0 radical (unpaired) electrons. The maximum Gasteiger partial charge on any atom is 0.259 e. The Balaban J connectivity index is 1.89. The van der Waals surface area contributed by atoms with Crippen LogP contribution in [0.15, 0.2) is 35.4 Å². The Labute approximate surface area is 150 Å². The molecular formula is C18H19N3O4S. The van der Waals surface area contributed by atoms with E-state index in [1.54, 1.807) is 16.8 Å². The SMILES string of the molecule is Cc1cc(C)c2[nH]c(=O)c(-c3nccn3[C@@H]3CS(=O)(=O)C[C@H]3O)cc2c1. The number of aliphatic hydroxyl groups excluding tert-OH is 1. The summed E-state index contributed by atoms with van der Waals surface area (Å²) < 4.78 is 25.3. The second-order valence-corrected chi connectivity index (χ2v) is 9.08. The van der Waals surface area contributed by atoms with E-state index in [1.807, 2.05) is 26.0 Å². The highest BCUT2D eigenvalue weighted by Gasteiger charge is 2.38. The van der Waals surface area contributed by atoms with Crippen LogP contribution in [0.2, 0.25) is 0 Å². The van der Waals surface area contributed by atoms with Crippen molar-refractivity contribution in [2.24, 2.45) is 0 Å². The Morgan fingerprint density at radius 1 is 1.23 bits per heavy atom. The number of rotatable bonds is 2. The fourth-order valence-electron chi connectivity index (χ4n) is 3.72. The number of pyridine rings is 1. The van der Waals surface area contributed by atoms with Crippen LogP contribution in [-0.4, -0.2) is 45.7 Å². The number of hydrogen-bond acceptors (Lipinski definition) is 5. The smallest absolute Gasteiger partial charge is 0.259 e. The molecule has 1 saturated heterocycles. The minimum atomic E-state index is -3.31. The molecule has 0 spiro atoms. The van der Waals surface area contributed by atoms with Gasteiger partial charge in [-0.05, 0) is 36.9 Å². The number of benzene rings is 1. The van der Waals surface area contributed by atoms with Crippen molar-refractivity contribution in [1.82, 2.24) is 14.5 Å². The average Bonchev–Trinajstić information content (AvgIpc) is 3.11. The molecule has 136 valence electrons. The van der Waals surface area contributed by atoms with Gasteiger partial charge in [0.2, 0.25) is 0 Å². The van der Waals surface area contributed by atoms with Crippen LogP contribution >= 0.6 is 0 Å². The monoisotopic (exact) mass is 373 g/mol. The van der Waals surface area contributed by atoms with E-state index in [9.17, 15) is 18.3 Å². The number of fused-ring (bicyclic) bond motifs is 1. The Morgan fingerprint density at radius 3 is 2.69 bits per heavy atom. The number of nitrogens with zero attached hydrogens (tertiary/aromatic N) is 2. The number of sulfone groups is 1. The van der Waals surface area contributed by atoms with Crippen LogP contribution in [0.1, 0.15) is 17.2 Å². The van der Waals surface area contributed by atoms with Crippen LogP contribution < -0.4 is 5.56 Å². The number of aromatic amines is 1. The molecular weight excluding hydrogens is 354 g/mol. The molecule has 3 heterocycles. The van der Waals surface area contributed by atoms with Gasteiger partial charge >= 0.3 is 0 Å². The normalized spacial score (nSPS) is 22.1. The Morgan fingerprint density at radius 2 is 2.00 bits per heavy atom. The Hall–Kier alpha value is -2.45. The van der Waals surface area contributed by atoms with Crippen molar-refractivity contribution >= 4 is 20.7 Å².